The number of halogens is 1. The van der Waals surface area contributed by atoms with Crippen molar-refractivity contribution in [2.75, 3.05) is 5.32 Å². The predicted octanol–water partition coefficient (Wildman–Crippen LogP) is 2.66. The number of aryl methyl sites for hydroxylation is 2. The van der Waals surface area contributed by atoms with Crippen molar-refractivity contribution in [2.45, 2.75) is 18.9 Å². The van der Waals surface area contributed by atoms with Crippen molar-refractivity contribution in [1.82, 2.24) is 9.78 Å². The van der Waals surface area contributed by atoms with Crippen LogP contribution in [0.4, 0.5) is 10.1 Å². The van der Waals surface area contributed by atoms with Crippen molar-refractivity contribution >= 4 is 5.69 Å². The Morgan fingerprint density at radius 3 is 3.12 bits per heavy atom. The van der Waals surface area contributed by atoms with Gasteiger partial charge in [-0.05, 0) is 36.1 Å². The molecule has 1 heterocycles. The van der Waals surface area contributed by atoms with Gasteiger partial charge in [-0.15, -0.1) is 0 Å². The summed E-state index contributed by atoms with van der Waals surface area (Å²) in [6.45, 7) is 0. The molecule has 3 nitrogen and oxygen atoms in total. The molecule has 1 atom stereocenters. The molecule has 0 bridgehead atoms. The first-order valence-corrected chi connectivity index (χ1v) is 5.76. The van der Waals surface area contributed by atoms with Crippen LogP contribution in [0, 0.1) is 5.82 Å². The van der Waals surface area contributed by atoms with Crippen LogP contribution in [-0.4, -0.2) is 9.78 Å². The molecule has 0 fully saturated rings. The van der Waals surface area contributed by atoms with Crippen molar-refractivity contribution in [3.8, 4) is 0 Å². The standard InChI is InChI=1S/C13H14FN3/c1-17-8-11(7-15-17)16-13-5-2-9-6-10(14)3-4-12(9)13/h3-4,6-8,13,16H,2,5H2,1H3. The van der Waals surface area contributed by atoms with E-state index in [1.54, 1.807) is 10.7 Å². The van der Waals surface area contributed by atoms with Crippen molar-refractivity contribution in [1.29, 1.82) is 0 Å². The summed E-state index contributed by atoms with van der Waals surface area (Å²) < 4.78 is 14.9. The number of anilines is 1. The summed E-state index contributed by atoms with van der Waals surface area (Å²) in [6.07, 6.45) is 5.70. The monoisotopic (exact) mass is 231 g/mol. The van der Waals surface area contributed by atoms with E-state index in [0.717, 1.165) is 24.1 Å². The molecule has 1 aromatic heterocycles. The largest absolute Gasteiger partial charge is 0.376 e. The van der Waals surface area contributed by atoms with E-state index in [9.17, 15) is 4.39 Å². The van der Waals surface area contributed by atoms with Crippen molar-refractivity contribution in [3.63, 3.8) is 0 Å². The maximum absolute atomic E-state index is 13.1. The lowest BCUT2D eigenvalue weighted by Gasteiger charge is -2.13. The van der Waals surface area contributed by atoms with Crippen LogP contribution < -0.4 is 5.32 Å². The van der Waals surface area contributed by atoms with Crippen molar-refractivity contribution in [2.24, 2.45) is 7.05 Å². The molecule has 17 heavy (non-hydrogen) atoms. The van der Waals surface area contributed by atoms with Gasteiger partial charge < -0.3 is 5.32 Å². The van der Waals surface area contributed by atoms with Crippen molar-refractivity contribution in [3.05, 3.63) is 47.5 Å². The quantitative estimate of drug-likeness (QED) is 0.861. The third-order valence-corrected chi connectivity index (χ3v) is 3.23. The van der Waals surface area contributed by atoms with Gasteiger partial charge in [0.25, 0.3) is 0 Å². The Balaban J connectivity index is 1.84. The molecule has 88 valence electrons. The summed E-state index contributed by atoms with van der Waals surface area (Å²) in [5.74, 6) is -0.147. The molecular formula is C13H14FN3. The predicted molar refractivity (Wildman–Crippen MR) is 64.3 cm³/mol. The van der Waals surface area contributed by atoms with Gasteiger partial charge in [-0.3, -0.25) is 4.68 Å². The molecule has 1 aliphatic rings. The number of hydrogen-bond acceptors (Lipinski definition) is 2. The fourth-order valence-corrected chi connectivity index (χ4v) is 2.43. The zero-order valence-electron chi connectivity index (χ0n) is 9.65. The maximum atomic E-state index is 13.1. The summed E-state index contributed by atoms with van der Waals surface area (Å²) in [4.78, 5) is 0. The number of hydrogen-bond donors (Lipinski definition) is 1. The first-order valence-electron chi connectivity index (χ1n) is 5.76. The van der Waals surface area contributed by atoms with Crippen LogP contribution in [0.15, 0.2) is 30.6 Å². The highest BCUT2D eigenvalue weighted by molar-refractivity contribution is 5.45. The molecule has 0 aliphatic heterocycles. The van der Waals surface area contributed by atoms with E-state index in [-0.39, 0.29) is 11.9 Å². The molecule has 1 aliphatic carbocycles. The molecule has 0 radical (unpaired) electrons. The van der Waals surface area contributed by atoms with Gasteiger partial charge in [-0.1, -0.05) is 6.07 Å². The minimum absolute atomic E-state index is 0.147. The molecule has 0 saturated heterocycles. The summed E-state index contributed by atoms with van der Waals surface area (Å²) in [6, 6.07) is 5.32. The molecule has 0 saturated carbocycles. The number of nitrogens with zero attached hydrogens (tertiary/aromatic N) is 2. The average molecular weight is 231 g/mol. The van der Waals surface area contributed by atoms with Gasteiger partial charge in [0.15, 0.2) is 0 Å². The second-order valence-electron chi connectivity index (χ2n) is 4.48. The lowest BCUT2D eigenvalue weighted by atomic mass is 10.1. The van der Waals surface area contributed by atoms with Crippen LogP contribution in [0.25, 0.3) is 0 Å². The molecule has 4 heteroatoms. The highest BCUT2D eigenvalue weighted by atomic mass is 19.1. The normalized spacial score (nSPS) is 18.1. The van der Waals surface area contributed by atoms with Gasteiger partial charge in [-0.2, -0.15) is 5.10 Å². The number of rotatable bonds is 2. The Labute approximate surface area is 99.3 Å². The smallest absolute Gasteiger partial charge is 0.123 e. The fraction of sp³-hybridized carbons (Fsp3) is 0.308. The third kappa shape index (κ3) is 1.90. The van der Waals surface area contributed by atoms with E-state index in [1.165, 1.54) is 11.6 Å². The fourth-order valence-electron chi connectivity index (χ4n) is 2.43. The van der Waals surface area contributed by atoms with Crippen molar-refractivity contribution < 1.29 is 4.39 Å². The van der Waals surface area contributed by atoms with E-state index in [2.05, 4.69) is 10.4 Å². The summed E-state index contributed by atoms with van der Waals surface area (Å²) in [5.41, 5.74) is 3.33. The third-order valence-electron chi connectivity index (χ3n) is 3.23. The summed E-state index contributed by atoms with van der Waals surface area (Å²) in [7, 11) is 1.89. The lowest BCUT2D eigenvalue weighted by Crippen LogP contribution is -2.06. The first-order chi connectivity index (χ1) is 8.22. The minimum atomic E-state index is -0.147. The molecule has 0 spiro atoms. The second-order valence-corrected chi connectivity index (χ2v) is 4.48. The topological polar surface area (TPSA) is 29.9 Å². The Morgan fingerprint density at radius 2 is 2.35 bits per heavy atom. The highest BCUT2D eigenvalue weighted by Gasteiger charge is 2.22. The molecular weight excluding hydrogens is 217 g/mol. The van der Waals surface area contributed by atoms with E-state index < -0.39 is 0 Å². The average Bonchev–Trinajstić information content (AvgIpc) is 2.86. The summed E-state index contributed by atoms with van der Waals surface area (Å²) >= 11 is 0. The molecule has 1 unspecified atom stereocenters. The Bertz CT molecular complexity index is 547. The van der Waals surface area contributed by atoms with Gasteiger partial charge >= 0.3 is 0 Å². The van der Waals surface area contributed by atoms with Gasteiger partial charge in [0.05, 0.1) is 17.9 Å². The van der Waals surface area contributed by atoms with Crippen LogP contribution in [0.1, 0.15) is 23.6 Å². The molecule has 2 aromatic rings. The summed E-state index contributed by atoms with van der Waals surface area (Å²) in [5, 5.41) is 7.55. The zero-order chi connectivity index (χ0) is 11.8. The lowest BCUT2D eigenvalue weighted by molar-refractivity contribution is 0.626. The number of fused-ring (bicyclic) bond motifs is 1. The van der Waals surface area contributed by atoms with Crippen LogP contribution >= 0.6 is 0 Å². The number of aromatic nitrogens is 2. The maximum Gasteiger partial charge on any atom is 0.123 e. The van der Waals surface area contributed by atoms with Crippen LogP contribution in [0.2, 0.25) is 0 Å². The first kappa shape index (κ1) is 10.3. The highest BCUT2D eigenvalue weighted by Crippen LogP contribution is 2.33. The number of nitrogens with one attached hydrogen (secondary N) is 1. The van der Waals surface area contributed by atoms with Gasteiger partial charge in [0, 0.05) is 13.2 Å². The Kier molecular flexibility index (Phi) is 2.35. The second kappa shape index (κ2) is 3.87. The van der Waals surface area contributed by atoms with E-state index in [0.29, 0.717) is 0 Å². The molecule has 0 amide bonds. The molecule has 1 aromatic carbocycles. The van der Waals surface area contributed by atoms with E-state index >= 15 is 0 Å². The van der Waals surface area contributed by atoms with Gasteiger partial charge in [0.2, 0.25) is 0 Å². The van der Waals surface area contributed by atoms with Crippen LogP contribution in [-0.2, 0) is 13.5 Å². The van der Waals surface area contributed by atoms with Crippen LogP contribution in [0.3, 0.4) is 0 Å². The van der Waals surface area contributed by atoms with Gasteiger partial charge in [0.1, 0.15) is 5.82 Å². The van der Waals surface area contributed by atoms with E-state index in [4.69, 9.17) is 0 Å². The minimum Gasteiger partial charge on any atom is -0.376 e. The molecule has 3 rings (SSSR count). The Morgan fingerprint density at radius 1 is 1.47 bits per heavy atom. The molecule has 1 N–H and O–H groups in total. The Hall–Kier alpha value is -1.84. The number of benzene rings is 1. The van der Waals surface area contributed by atoms with Gasteiger partial charge in [-0.25, -0.2) is 4.39 Å². The SMILES string of the molecule is Cn1cc(NC2CCc3cc(F)ccc32)cn1. The van der Waals surface area contributed by atoms with Crippen LogP contribution in [0.5, 0.6) is 0 Å². The zero-order valence-corrected chi connectivity index (χ0v) is 9.65. The van der Waals surface area contributed by atoms with E-state index in [1.807, 2.05) is 25.5 Å².